The van der Waals surface area contributed by atoms with Crippen molar-refractivity contribution in [3.05, 3.63) is 105 Å². The number of benzene rings is 3. The Morgan fingerprint density at radius 3 is 2.42 bits per heavy atom. The predicted octanol–water partition coefficient (Wildman–Crippen LogP) is 6.91. The summed E-state index contributed by atoms with van der Waals surface area (Å²) in [6, 6.07) is 22.2. The second kappa shape index (κ2) is 8.69. The first-order valence-electron chi connectivity index (χ1n) is 10.9. The number of hydrogen-bond acceptors (Lipinski definition) is 3. The Bertz CT molecular complexity index is 1290. The summed E-state index contributed by atoms with van der Waals surface area (Å²) in [5.41, 5.74) is 4.70. The second-order valence-electron chi connectivity index (χ2n) is 8.43. The van der Waals surface area contributed by atoms with Gasteiger partial charge >= 0.3 is 0 Å². The van der Waals surface area contributed by atoms with Crippen molar-refractivity contribution in [1.82, 2.24) is 0 Å². The van der Waals surface area contributed by atoms with Gasteiger partial charge in [-0.3, -0.25) is 14.5 Å². The zero-order valence-corrected chi connectivity index (χ0v) is 19.5. The summed E-state index contributed by atoms with van der Waals surface area (Å²) in [4.78, 5) is 28.4. The minimum Gasteiger partial charge on any atom is -0.357 e. The maximum atomic E-state index is 13.7. The quantitative estimate of drug-likeness (QED) is 0.436. The van der Waals surface area contributed by atoms with Crippen LogP contribution in [0, 0.1) is 0 Å². The molecule has 0 aromatic heterocycles. The summed E-state index contributed by atoms with van der Waals surface area (Å²) >= 11 is 12.8. The van der Waals surface area contributed by atoms with Crippen LogP contribution in [0.3, 0.4) is 0 Å². The molecule has 4 nitrogen and oxygen atoms in total. The summed E-state index contributed by atoms with van der Waals surface area (Å²) in [5.74, 6) is -0.109. The number of amides is 1. The maximum absolute atomic E-state index is 13.7. The molecular formula is C27H22Cl2N2O2. The van der Waals surface area contributed by atoms with E-state index in [2.05, 4.69) is 17.4 Å². The fourth-order valence-corrected chi connectivity index (χ4v) is 5.43. The smallest absolute Gasteiger partial charge is 0.224 e. The molecule has 0 saturated carbocycles. The molecule has 2 atom stereocenters. The van der Waals surface area contributed by atoms with Gasteiger partial charge in [-0.25, -0.2) is 0 Å². The van der Waals surface area contributed by atoms with Crippen LogP contribution in [0.2, 0.25) is 10.0 Å². The third-order valence-electron chi connectivity index (χ3n) is 6.36. The van der Waals surface area contributed by atoms with Gasteiger partial charge in [0.2, 0.25) is 5.91 Å². The fraction of sp³-hybridized carbons (Fsp3) is 0.185. The van der Waals surface area contributed by atoms with Gasteiger partial charge in [-0.05, 0) is 47.7 Å². The van der Waals surface area contributed by atoms with E-state index in [0.29, 0.717) is 39.7 Å². The molecule has 3 aromatic rings. The summed E-state index contributed by atoms with van der Waals surface area (Å²) in [6.45, 7) is 1.51. The molecule has 0 unspecified atom stereocenters. The topological polar surface area (TPSA) is 49.4 Å². The van der Waals surface area contributed by atoms with E-state index in [4.69, 9.17) is 23.2 Å². The highest BCUT2D eigenvalue weighted by Crippen LogP contribution is 2.48. The molecule has 1 amide bonds. The molecule has 0 radical (unpaired) electrons. The number of rotatable bonds is 2. The first-order valence-corrected chi connectivity index (χ1v) is 11.6. The lowest BCUT2D eigenvalue weighted by molar-refractivity contribution is -0.117. The van der Waals surface area contributed by atoms with E-state index < -0.39 is 6.04 Å². The molecule has 1 N–H and O–H groups in total. The summed E-state index contributed by atoms with van der Waals surface area (Å²) in [7, 11) is 0. The van der Waals surface area contributed by atoms with E-state index in [1.165, 1.54) is 6.92 Å². The molecule has 1 aliphatic heterocycles. The van der Waals surface area contributed by atoms with Gasteiger partial charge in [0.25, 0.3) is 0 Å². The summed E-state index contributed by atoms with van der Waals surface area (Å²) in [6.07, 6.45) is 1.03. The Morgan fingerprint density at radius 1 is 0.970 bits per heavy atom. The van der Waals surface area contributed by atoms with E-state index >= 15 is 0 Å². The number of para-hydroxylation sites is 2. The monoisotopic (exact) mass is 476 g/mol. The molecule has 0 bridgehead atoms. The largest absolute Gasteiger partial charge is 0.357 e. The molecule has 0 fully saturated rings. The Hall–Kier alpha value is -3.08. The highest BCUT2D eigenvalue weighted by molar-refractivity contribution is 6.35. The van der Waals surface area contributed by atoms with Crippen LogP contribution in [-0.4, -0.2) is 11.7 Å². The molecular weight excluding hydrogens is 455 g/mol. The number of carbonyl (C=O) groups excluding carboxylic acids is 2. The van der Waals surface area contributed by atoms with Crippen molar-refractivity contribution in [1.29, 1.82) is 0 Å². The normalized spacial score (nSPS) is 20.0. The van der Waals surface area contributed by atoms with E-state index in [9.17, 15) is 9.59 Å². The number of ketones is 1. The van der Waals surface area contributed by atoms with Gasteiger partial charge in [0.15, 0.2) is 5.78 Å². The molecule has 166 valence electrons. The number of halogens is 2. The van der Waals surface area contributed by atoms with Crippen LogP contribution in [0.25, 0.3) is 0 Å². The van der Waals surface area contributed by atoms with Crippen LogP contribution in [0.15, 0.2) is 84.1 Å². The Balaban J connectivity index is 1.73. The Morgan fingerprint density at radius 2 is 1.70 bits per heavy atom. The summed E-state index contributed by atoms with van der Waals surface area (Å²) in [5, 5.41) is 4.42. The van der Waals surface area contributed by atoms with Gasteiger partial charge < -0.3 is 5.32 Å². The van der Waals surface area contributed by atoms with Crippen molar-refractivity contribution in [3.63, 3.8) is 0 Å². The van der Waals surface area contributed by atoms with Gasteiger partial charge in [0, 0.05) is 34.7 Å². The van der Waals surface area contributed by atoms with Gasteiger partial charge in [-0.15, -0.1) is 0 Å². The van der Waals surface area contributed by atoms with Crippen molar-refractivity contribution in [2.45, 2.75) is 31.7 Å². The van der Waals surface area contributed by atoms with Crippen LogP contribution >= 0.6 is 23.2 Å². The molecule has 33 heavy (non-hydrogen) atoms. The van der Waals surface area contributed by atoms with Gasteiger partial charge in [0.05, 0.1) is 17.4 Å². The average molecular weight is 477 g/mol. The number of anilines is 2. The van der Waals surface area contributed by atoms with Gasteiger partial charge in [-0.1, -0.05) is 71.7 Å². The zero-order valence-electron chi connectivity index (χ0n) is 18.0. The van der Waals surface area contributed by atoms with Crippen molar-refractivity contribution in [2.75, 3.05) is 10.2 Å². The van der Waals surface area contributed by atoms with Crippen molar-refractivity contribution < 1.29 is 9.59 Å². The standard InChI is InChI=1S/C27H22Cl2N2O2/c1-16(32)31-24-10-6-5-9-22(24)30-23-13-18(17-7-3-2-4-8-17)14-25(33)26(23)27(31)20-12-11-19(28)15-21(20)29/h2-12,15,18,27,30H,13-14H2,1H3/t18-,27-/m0/s1. The van der Waals surface area contributed by atoms with Crippen LogP contribution in [-0.2, 0) is 9.59 Å². The van der Waals surface area contributed by atoms with E-state index in [-0.39, 0.29) is 17.6 Å². The van der Waals surface area contributed by atoms with Crippen LogP contribution in [0.5, 0.6) is 0 Å². The Kier molecular flexibility index (Phi) is 5.73. The molecule has 1 heterocycles. The maximum Gasteiger partial charge on any atom is 0.224 e. The van der Waals surface area contributed by atoms with Gasteiger partial charge in [-0.2, -0.15) is 0 Å². The highest BCUT2D eigenvalue weighted by atomic mass is 35.5. The van der Waals surface area contributed by atoms with Crippen LogP contribution in [0.4, 0.5) is 11.4 Å². The number of allylic oxidation sites excluding steroid dienone is 1. The fourth-order valence-electron chi connectivity index (χ4n) is 4.92. The summed E-state index contributed by atoms with van der Waals surface area (Å²) < 4.78 is 0. The third-order valence-corrected chi connectivity index (χ3v) is 6.92. The first-order chi connectivity index (χ1) is 15.9. The molecule has 3 aromatic carbocycles. The van der Waals surface area contributed by atoms with Crippen molar-refractivity contribution >= 4 is 46.3 Å². The minimum absolute atomic E-state index is 0.00711. The molecule has 1 aliphatic carbocycles. The average Bonchev–Trinajstić information content (AvgIpc) is 2.94. The number of nitrogens with zero attached hydrogens (tertiary/aromatic N) is 1. The van der Waals surface area contributed by atoms with Crippen molar-refractivity contribution in [2.24, 2.45) is 0 Å². The molecule has 5 rings (SSSR count). The SMILES string of the molecule is CC(=O)N1c2ccccc2NC2=C(C(=O)C[C@@H](c3ccccc3)C2)[C@@H]1c1ccc(Cl)cc1Cl. The minimum atomic E-state index is -0.650. The van der Waals surface area contributed by atoms with E-state index in [0.717, 1.165) is 16.9 Å². The van der Waals surface area contributed by atoms with Crippen LogP contribution < -0.4 is 10.2 Å². The lowest BCUT2D eigenvalue weighted by atomic mass is 9.78. The van der Waals surface area contributed by atoms with Crippen molar-refractivity contribution in [3.8, 4) is 0 Å². The first kappa shape index (κ1) is 21.7. The highest BCUT2D eigenvalue weighted by Gasteiger charge is 2.41. The van der Waals surface area contributed by atoms with E-state index in [1.54, 1.807) is 23.1 Å². The lowest BCUT2D eigenvalue weighted by Crippen LogP contribution is -2.37. The predicted molar refractivity (Wildman–Crippen MR) is 133 cm³/mol. The molecule has 2 aliphatic rings. The third kappa shape index (κ3) is 3.94. The molecule has 0 spiro atoms. The van der Waals surface area contributed by atoms with Gasteiger partial charge in [0.1, 0.15) is 0 Å². The number of nitrogens with one attached hydrogen (secondary N) is 1. The molecule has 6 heteroatoms. The number of Topliss-reactive ketones (excluding diaryl/α,β-unsaturated/α-hetero) is 1. The molecule has 0 saturated heterocycles. The Labute approximate surface area is 202 Å². The zero-order chi connectivity index (χ0) is 23.1. The van der Waals surface area contributed by atoms with E-state index in [1.807, 2.05) is 42.5 Å². The lowest BCUT2D eigenvalue weighted by Gasteiger charge is -2.35. The number of carbonyl (C=O) groups is 2. The number of fused-ring (bicyclic) bond motifs is 1. The van der Waals surface area contributed by atoms with Crippen LogP contribution in [0.1, 0.15) is 42.9 Å². The second-order valence-corrected chi connectivity index (χ2v) is 9.27. The number of hydrogen-bond donors (Lipinski definition) is 1.